The van der Waals surface area contributed by atoms with Crippen molar-refractivity contribution in [3.05, 3.63) is 12.2 Å². The summed E-state index contributed by atoms with van der Waals surface area (Å²) in [6, 6.07) is 0. The second kappa shape index (κ2) is 6.54. The van der Waals surface area contributed by atoms with Gasteiger partial charge in [-0.2, -0.15) is 11.8 Å². The minimum atomic E-state index is -1.12. The Hall–Kier alpha value is -0.970. The molecule has 13 heavy (non-hydrogen) atoms. The first-order valence-corrected chi connectivity index (χ1v) is 5.06. The Balaban J connectivity index is 3.69. The number of hydrogen-bond acceptors (Lipinski definition) is 3. The van der Waals surface area contributed by atoms with Crippen molar-refractivity contribution in [2.24, 2.45) is 0 Å². The van der Waals surface area contributed by atoms with Gasteiger partial charge in [-0.25, -0.2) is 4.79 Å². The van der Waals surface area contributed by atoms with Gasteiger partial charge in [0.2, 0.25) is 5.91 Å². The SMILES string of the molecule is CSC(C)CNC(=O)/C=C/C(=O)O. The molecule has 74 valence electrons. The van der Waals surface area contributed by atoms with E-state index in [0.29, 0.717) is 11.8 Å². The van der Waals surface area contributed by atoms with Crippen LogP contribution in [0.2, 0.25) is 0 Å². The zero-order chi connectivity index (χ0) is 10.3. The number of thioether (sulfide) groups is 1. The molecule has 0 aromatic carbocycles. The summed E-state index contributed by atoms with van der Waals surface area (Å²) >= 11 is 1.64. The molecule has 0 radical (unpaired) electrons. The molecule has 0 saturated heterocycles. The molecular weight excluding hydrogens is 190 g/mol. The molecule has 0 rings (SSSR count). The van der Waals surface area contributed by atoms with Crippen molar-refractivity contribution in [3.63, 3.8) is 0 Å². The van der Waals surface area contributed by atoms with Crippen molar-refractivity contribution in [2.75, 3.05) is 12.8 Å². The monoisotopic (exact) mass is 203 g/mol. The molecule has 0 aromatic rings. The number of carboxylic acids is 1. The molecule has 1 unspecified atom stereocenters. The maximum absolute atomic E-state index is 10.9. The predicted octanol–water partition coefficient (Wildman–Crippen LogP) is 0.495. The summed E-state index contributed by atoms with van der Waals surface area (Å²) in [6.07, 6.45) is 3.78. The van der Waals surface area contributed by atoms with Gasteiger partial charge in [-0.15, -0.1) is 0 Å². The first-order chi connectivity index (χ1) is 6.06. The molecular formula is C8H13NO3S. The molecule has 1 atom stereocenters. The molecule has 0 fully saturated rings. The van der Waals surface area contributed by atoms with Gasteiger partial charge in [0, 0.05) is 23.9 Å². The van der Waals surface area contributed by atoms with E-state index in [4.69, 9.17) is 5.11 Å². The number of carbonyl (C=O) groups excluding carboxylic acids is 1. The second-order valence-corrected chi connectivity index (χ2v) is 3.74. The van der Waals surface area contributed by atoms with E-state index in [-0.39, 0.29) is 5.91 Å². The molecule has 0 saturated carbocycles. The summed E-state index contributed by atoms with van der Waals surface area (Å²) in [4.78, 5) is 20.9. The number of hydrogen-bond donors (Lipinski definition) is 2. The number of nitrogens with one attached hydrogen (secondary N) is 1. The summed E-state index contributed by atoms with van der Waals surface area (Å²) in [7, 11) is 0. The average molecular weight is 203 g/mol. The van der Waals surface area contributed by atoms with E-state index in [2.05, 4.69) is 5.32 Å². The van der Waals surface area contributed by atoms with Gasteiger partial charge in [0.25, 0.3) is 0 Å². The number of aliphatic carboxylic acids is 1. The van der Waals surface area contributed by atoms with E-state index in [1.165, 1.54) is 0 Å². The molecule has 0 aliphatic rings. The summed E-state index contributed by atoms with van der Waals surface area (Å²) in [5.74, 6) is -1.49. The largest absolute Gasteiger partial charge is 0.478 e. The Morgan fingerprint density at radius 3 is 2.62 bits per heavy atom. The van der Waals surface area contributed by atoms with Crippen LogP contribution in [0, 0.1) is 0 Å². The molecule has 1 amide bonds. The van der Waals surface area contributed by atoms with Crippen LogP contribution in [0.15, 0.2) is 12.2 Å². The van der Waals surface area contributed by atoms with Crippen LogP contribution in [0.25, 0.3) is 0 Å². The minimum Gasteiger partial charge on any atom is -0.478 e. The lowest BCUT2D eigenvalue weighted by Gasteiger charge is -2.07. The van der Waals surface area contributed by atoms with Crippen molar-refractivity contribution < 1.29 is 14.7 Å². The lowest BCUT2D eigenvalue weighted by molar-refractivity contribution is -0.131. The number of rotatable bonds is 5. The molecule has 0 aliphatic heterocycles. The van der Waals surface area contributed by atoms with E-state index in [0.717, 1.165) is 12.2 Å². The third-order valence-corrected chi connectivity index (χ3v) is 2.31. The van der Waals surface area contributed by atoms with Crippen molar-refractivity contribution in [1.29, 1.82) is 0 Å². The lowest BCUT2D eigenvalue weighted by Crippen LogP contribution is -2.27. The fourth-order valence-electron chi connectivity index (χ4n) is 0.534. The van der Waals surface area contributed by atoms with Crippen molar-refractivity contribution in [2.45, 2.75) is 12.2 Å². The van der Waals surface area contributed by atoms with Crippen LogP contribution in [-0.2, 0) is 9.59 Å². The highest BCUT2D eigenvalue weighted by molar-refractivity contribution is 7.99. The van der Waals surface area contributed by atoms with Gasteiger partial charge in [-0.05, 0) is 6.26 Å². The van der Waals surface area contributed by atoms with E-state index in [1.54, 1.807) is 11.8 Å². The molecule has 0 spiro atoms. The van der Waals surface area contributed by atoms with Crippen molar-refractivity contribution in [1.82, 2.24) is 5.32 Å². The summed E-state index contributed by atoms with van der Waals surface area (Å²) < 4.78 is 0. The summed E-state index contributed by atoms with van der Waals surface area (Å²) in [5.41, 5.74) is 0. The first kappa shape index (κ1) is 12.0. The van der Waals surface area contributed by atoms with Crippen LogP contribution >= 0.6 is 11.8 Å². The summed E-state index contributed by atoms with van der Waals surface area (Å²) in [5, 5.41) is 11.1. The van der Waals surface area contributed by atoms with Crippen LogP contribution in [0.3, 0.4) is 0 Å². The normalized spacial score (nSPS) is 12.8. The first-order valence-electron chi connectivity index (χ1n) is 3.78. The zero-order valence-electron chi connectivity index (χ0n) is 7.61. The molecule has 2 N–H and O–H groups in total. The van der Waals surface area contributed by atoms with Crippen LogP contribution in [-0.4, -0.2) is 35.0 Å². The van der Waals surface area contributed by atoms with Gasteiger partial charge in [0.05, 0.1) is 0 Å². The third-order valence-electron chi connectivity index (χ3n) is 1.34. The molecule has 0 aromatic heterocycles. The summed E-state index contributed by atoms with van der Waals surface area (Å²) in [6.45, 7) is 2.52. The van der Waals surface area contributed by atoms with E-state index in [9.17, 15) is 9.59 Å². The lowest BCUT2D eigenvalue weighted by atomic mass is 10.4. The maximum Gasteiger partial charge on any atom is 0.328 e. The van der Waals surface area contributed by atoms with Gasteiger partial charge in [-0.3, -0.25) is 4.79 Å². The zero-order valence-corrected chi connectivity index (χ0v) is 8.43. The quantitative estimate of drug-likeness (QED) is 0.638. The highest BCUT2D eigenvalue weighted by Crippen LogP contribution is 2.02. The second-order valence-electron chi connectivity index (χ2n) is 2.46. The van der Waals surface area contributed by atoms with Gasteiger partial charge < -0.3 is 10.4 Å². The van der Waals surface area contributed by atoms with Gasteiger partial charge in [0.15, 0.2) is 0 Å². The fourth-order valence-corrected chi connectivity index (χ4v) is 0.784. The molecule has 0 bridgehead atoms. The van der Waals surface area contributed by atoms with E-state index >= 15 is 0 Å². The molecule has 4 nitrogen and oxygen atoms in total. The fraction of sp³-hybridized carbons (Fsp3) is 0.500. The third kappa shape index (κ3) is 7.39. The topological polar surface area (TPSA) is 66.4 Å². The Morgan fingerprint density at radius 1 is 1.54 bits per heavy atom. The van der Waals surface area contributed by atoms with Crippen LogP contribution in [0.4, 0.5) is 0 Å². The Kier molecular flexibility index (Phi) is 6.05. The van der Waals surface area contributed by atoms with E-state index in [1.807, 2.05) is 13.2 Å². The maximum atomic E-state index is 10.9. The Morgan fingerprint density at radius 2 is 2.15 bits per heavy atom. The number of carboxylic acid groups (broad SMARTS) is 1. The van der Waals surface area contributed by atoms with Gasteiger partial charge in [-0.1, -0.05) is 6.92 Å². The highest BCUT2D eigenvalue weighted by atomic mass is 32.2. The highest BCUT2D eigenvalue weighted by Gasteiger charge is 2.00. The molecule has 0 aliphatic carbocycles. The predicted molar refractivity (Wildman–Crippen MR) is 52.8 cm³/mol. The molecule has 0 heterocycles. The number of amides is 1. The van der Waals surface area contributed by atoms with Crippen molar-refractivity contribution >= 4 is 23.6 Å². The van der Waals surface area contributed by atoms with Crippen molar-refractivity contribution in [3.8, 4) is 0 Å². The Bertz CT molecular complexity index is 215. The van der Waals surface area contributed by atoms with Crippen LogP contribution in [0.5, 0.6) is 0 Å². The van der Waals surface area contributed by atoms with E-state index < -0.39 is 5.97 Å². The van der Waals surface area contributed by atoms with Gasteiger partial charge in [0.1, 0.15) is 0 Å². The van der Waals surface area contributed by atoms with Crippen LogP contribution in [0.1, 0.15) is 6.92 Å². The van der Waals surface area contributed by atoms with Crippen LogP contribution < -0.4 is 5.32 Å². The standard InChI is InChI=1S/C8H13NO3S/c1-6(13-2)5-9-7(10)3-4-8(11)12/h3-4,6H,5H2,1-2H3,(H,9,10)(H,11,12)/b4-3+. The Labute approximate surface area is 81.4 Å². The minimum absolute atomic E-state index is 0.335. The average Bonchev–Trinajstić information content (AvgIpc) is 2.10. The van der Waals surface area contributed by atoms with Gasteiger partial charge >= 0.3 is 5.97 Å². The molecule has 5 heteroatoms. The smallest absolute Gasteiger partial charge is 0.328 e. The number of carbonyl (C=O) groups is 2.